The third-order valence-electron chi connectivity index (χ3n) is 5.15. The van der Waals surface area contributed by atoms with Crippen molar-refractivity contribution in [1.82, 2.24) is 10.2 Å². The zero-order valence-electron chi connectivity index (χ0n) is 16.7. The Labute approximate surface area is 172 Å². The van der Waals surface area contributed by atoms with Gasteiger partial charge in [0, 0.05) is 6.04 Å². The van der Waals surface area contributed by atoms with Crippen LogP contribution in [0.4, 0.5) is 22.4 Å². The van der Waals surface area contributed by atoms with E-state index in [0.29, 0.717) is 11.6 Å². The number of hydrogen-bond acceptors (Lipinski definition) is 2. The van der Waals surface area contributed by atoms with Crippen molar-refractivity contribution in [3.8, 4) is 0 Å². The Balaban J connectivity index is 1.81. The van der Waals surface area contributed by atoms with Crippen LogP contribution in [0, 0.1) is 5.82 Å². The Hall–Kier alpha value is -2.61. The van der Waals surface area contributed by atoms with Gasteiger partial charge in [-0.1, -0.05) is 43.3 Å². The fourth-order valence-electron chi connectivity index (χ4n) is 3.25. The van der Waals surface area contributed by atoms with E-state index < -0.39 is 29.8 Å². The number of nitrogens with zero attached hydrogens (tertiary/aromatic N) is 1. The Kier molecular flexibility index (Phi) is 6.65. The largest absolute Gasteiger partial charge is 0.416 e. The number of ether oxygens (including phenoxy) is 1. The van der Waals surface area contributed by atoms with Gasteiger partial charge in [-0.3, -0.25) is 0 Å². The molecule has 1 saturated heterocycles. The number of halogens is 4. The van der Waals surface area contributed by atoms with Gasteiger partial charge in [-0.15, -0.1) is 0 Å². The Bertz CT molecular complexity index is 867. The Morgan fingerprint density at radius 2 is 1.87 bits per heavy atom. The molecule has 1 aliphatic heterocycles. The minimum Gasteiger partial charge on any atom is -0.362 e. The summed E-state index contributed by atoms with van der Waals surface area (Å²) in [6, 6.07) is 10.9. The standard InChI is InChI=1S/C22H24F4N2O2/c1-3-14(2)27-21(29)28-12-17(13-28)30-20(15-7-5-4-6-8-15)18-10-9-16(23)11-19(18)22(24,25)26/h4-11,14,17,20H,3,12-13H2,1-2H3,(H,27,29). The van der Waals surface area contributed by atoms with Crippen LogP contribution in [-0.2, 0) is 10.9 Å². The van der Waals surface area contributed by atoms with Crippen molar-refractivity contribution in [2.45, 2.75) is 44.7 Å². The highest BCUT2D eigenvalue weighted by Crippen LogP contribution is 2.39. The maximum absolute atomic E-state index is 13.6. The molecule has 0 aromatic heterocycles. The normalized spacial score (nSPS) is 16.7. The average molecular weight is 424 g/mol. The third-order valence-corrected chi connectivity index (χ3v) is 5.15. The topological polar surface area (TPSA) is 41.6 Å². The molecule has 1 fully saturated rings. The van der Waals surface area contributed by atoms with Crippen LogP contribution in [0.2, 0.25) is 0 Å². The summed E-state index contributed by atoms with van der Waals surface area (Å²) in [4.78, 5) is 13.7. The molecule has 0 bridgehead atoms. The number of carbonyl (C=O) groups excluding carboxylic acids is 1. The van der Waals surface area contributed by atoms with E-state index in [1.165, 1.54) is 0 Å². The van der Waals surface area contributed by atoms with Crippen molar-refractivity contribution in [1.29, 1.82) is 0 Å². The van der Waals surface area contributed by atoms with E-state index in [9.17, 15) is 22.4 Å². The molecule has 0 radical (unpaired) electrons. The number of urea groups is 1. The number of amides is 2. The highest BCUT2D eigenvalue weighted by Gasteiger charge is 2.39. The predicted molar refractivity (Wildman–Crippen MR) is 104 cm³/mol. The SMILES string of the molecule is CCC(C)NC(=O)N1CC(OC(c2ccccc2)c2ccc(F)cc2C(F)(F)F)C1. The van der Waals surface area contributed by atoms with Crippen LogP contribution in [0.15, 0.2) is 48.5 Å². The molecule has 30 heavy (non-hydrogen) atoms. The van der Waals surface area contributed by atoms with Crippen LogP contribution in [0.3, 0.4) is 0 Å². The zero-order chi connectivity index (χ0) is 21.9. The molecule has 0 saturated carbocycles. The highest BCUT2D eigenvalue weighted by molar-refractivity contribution is 5.75. The minimum atomic E-state index is -4.73. The molecule has 162 valence electrons. The summed E-state index contributed by atoms with van der Waals surface area (Å²) in [5, 5.41) is 2.84. The van der Waals surface area contributed by atoms with Crippen LogP contribution in [0.1, 0.15) is 43.1 Å². The number of alkyl halides is 3. The van der Waals surface area contributed by atoms with Crippen molar-refractivity contribution < 1.29 is 27.1 Å². The van der Waals surface area contributed by atoms with Crippen LogP contribution < -0.4 is 5.32 Å². The summed E-state index contributed by atoms with van der Waals surface area (Å²) in [5.41, 5.74) is -0.697. The van der Waals surface area contributed by atoms with E-state index in [0.717, 1.165) is 18.6 Å². The van der Waals surface area contributed by atoms with Gasteiger partial charge in [0.1, 0.15) is 11.9 Å². The average Bonchev–Trinajstić information content (AvgIpc) is 2.67. The first-order valence-corrected chi connectivity index (χ1v) is 9.81. The number of likely N-dealkylation sites (tertiary alicyclic amines) is 1. The van der Waals surface area contributed by atoms with E-state index in [1.807, 2.05) is 13.8 Å². The third kappa shape index (κ3) is 5.11. The first-order chi connectivity index (χ1) is 14.2. The molecular weight excluding hydrogens is 400 g/mol. The number of benzene rings is 2. The summed E-state index contributed by atoms with van der Waals surface area (Å²) in [6.07, 6.45) is -5.40. The monoisotopic (exact) mass is 424 g/mol. The number of carbonyl (C=O) groups is 1. The van der Waals surface area contributed by atoms with Gasteiger partial charge in [0.15, 0.2) is 0 Å². The summed E-state index contributed by atoms with van der Waals surface area (Å²) in [6.45, 7) is 4.39. The minimum absolute atomic E-state index is 0.0306. The maximum Gasteiger partial charge on any atom is 0.416 e. The van der Waals surface area contributed by atoms with Crippen molar-refractivity contribution in [3.63, 3.8) is 0 Å². The first kappa shape index (κ1) is 22.1. The van der Waals surface area contributed by atoms with E-state index in [-0.39, 0.29) is 30.7 Å². The van der Waals surface area contributed by atoms with Crippen molar-refractivity contribution in [2.24, 2.45) is 0 Å². The van der Waals surface area contributed by atoms with E-state index in [2.05, 4.69) is 5.32 Å². The molecular formula is C22H24F4N2O2. The highest BCUT2D eigenvalue weighted by atomic mass is 19.4. The van der Waals surface area contributed by atoms with E-state index in [1.54, 1.807) is 35.2 Å². The fraction of sp³-hybridized carbons (Fsp3) is 0.409. The fourth-order valence-corrected chi connectivity index (χ4v) is 3.25. The van der Waals surface area contributed by atoms with E-state index in [4.69, 9.17) is 4.74 Å². The molecule has 2 atom stereocenters. The quantitative estimate of drug-likeness (QED) is 0.653. The van der Waals surface area contributed by atoms with Crippen molar-refractivity contribution in [3.05, 3.63) is 71.0 Å². The Morgan fingerprint density at radius 3 is 2.47 bits per heavy atom. The van der Waals surface area contributed by atoms with E-state index >= 15 is 0 Å². The van der Waals surface area contributed by atoms with Gasteiger partial charge < -0.3 is 15.0 Å². The van der Waals surface area contributed by atoms with Gasteiger partial charge in [0.05, 0.1) is 24.8 Å². The van der Waals surface area contributed by atoms with Crippen LogP contribution in [-0.4, -0.2) is 36.2 Å². The number of nitrogens with one attached hydrogen (secondary N) is 1. The molecule has 2 amide bonds. The smallest absolute Gasteiger partial charge is 0.362 e. The summed E-state index contributed by atoms with van der Waals surface area (Å²) >= 11 is 0. The number of hydrogen-bond donors (Lipinski definition) is 1. The molecule has 0 spiro atoms. The van der Waals surface area contributed by atoms with Gasteiger partial charge in [0.25, 0.3) is 0 Å². The lowest BCUT2D eigenvalue weighted by Gasteiger charge is -2.41. The molecule has 1 aliphatic rings. The lowest BCUT2D eigenvalue weighted by molar-refractivity contribution is -0.140. The molecule has 0 aliphatic carbocycles. The zero-order valence-corrected chi connectivity index (χ0v) is 16.7. The molecule has 2 aromatic rings. The molecule has 1 N–H and O–H groups in total. The van der Waals surface area contributed by atoms with Crippen molar-refractivity contribution in [2.75, 3.05) is 13.1 Å². The summed E-state index contributed by atoms with van der Waals surface area (Å²) in [5.74, 6) is -0.963. The molecule has 2 unspecified atom stereocenters. The first-order valence-electron chi connectivity index (χ1n) is 9.81. The predicted octanol–water partition coefficient (Wildman–Crippen LogP) is 5.14. The second kappa shape index (κ2) is 9.04. The lowest BCUT2D eigenvalue weighted by Crippen LogP contribution is -2.59. The van der Waals surface area contributed by atoms with Gasteiger partial charge in [-0.05, 0) is 36.6 Å². The number of rotatable bonds is 6. The molecule has 1 heterocycles. The maximum atomic E-state index is 13.6. The molecule has 2 aromatic carbocycles. The lowest BCUT2D eigenvalue weighted by atomic mass is 9.95. The molecule has 4 nitrogen and oxygen atoms in total. The summed E-state index contributed by atoms with van der Waals surface area (Å²) < 4.78 is 60.3. The second-order valence-electron chi connectivity index (χ2n) is 7.44. The van der Waals surface area contributed by atoms with Crippen LogP contribution in [0.25, 0.3) is 0 Å². The van der Waals surface area contributed by atoms with Gasteiger partial charge in [-0.2, -0.15) is 13.2 Å². The van der Waals surface area contributed by atoms with Gasteiger partial charge >= 0.3 is 12.2 Å². The summed E-state index contributed by atoms with van der Waals surface area (Å²) in [7, 11) is 0. The van der Waals surface area contributed by atoms with Gasteiger partial charge in [0.2, 0.25) is 0 Å². The van der Waals surface area contributed by atoms with Crippen molar-refractivity contribution >= 4 is 6.03 Å². The Morgan fingerprint density at radius 1 is 1.20 bits per heavy atom. The molecule has 8 heteroatoms. The van der Waals surface area contributed by atoms with Gasteiger partial charge in [-0.25, -0.2) is 9.18 Å². The van der Waals surface area contributed by atoms with Crippen LogP contribution >= 0.6 is 0 Å². The second-order valence-corrected chi connectivity index (χ2v) is 7.44. The molecule has 3 rings (SSSR count). The van der Waals surface area contributed by atoms with Crippen LogP contribution in [0.5, 0.6) is 0 Å².